The summed E-state index contributed by atoms with van der Waals surface area (Å²) >= 11 is 0. The number of hydrogen-bond donors (Lipinski definition) is 0. The monoisotopic (exact) mass is 375 g/mol. The van der Waals surface area contributed by atoms with E-state index in [2.05, 4.69) is 94.4 Å². The summed E-state index contributed by atoms with van der Waals surface area (Å²) in [5, 5.41) is 2.29. The minimum absolute atomic E-state index is 0.428. The largest absolute Gasteiger partial charge is 0.264 e. The predicted molar refractivity (Wildman–Crippen MR) is 126 cm³/mol. The van der Waals surface area contributed by atoms with Crippen LogP contribution in [-0.4, -0.2) is 12.8 Å². The molecule has 4 aromatic rings. The molecule has 1 heterocycles. The summed E-state index contributed by atoms with van der Waals surface area (Å²) in [6.07, 6.45) is 0. The van der Waals surface area contributed by atoms with Gasteiger partial charge in [-0.25, -0.2) is 0 Å². The van der Waals surface area contributed by atoms with E-state index in [1.807, 2.05) is 6.07 Å². The number of nitrogens with zero attached hydrogens (tertiary/aromatic N) is 1. The van der Waals surface area contributed by atoms with E-state index in [1.165, 1.54) is 22.3 Å². The van der Waals surface area contributed by atoms with E-state index in [9.17, 15) is 0 Å². The van der Waals surface area contributed by atoms with E-state index in [0.717, 1.165) is 22.0 Å². The van der Waals surface area contributed by atoms with E-state index in [0.29, 0.717) is 17.4 Å². The molecule has 0 unspecified atom stereocenters. The molecule has 2 heteroatoms. The topological polar surface area (TPSA) is 12.9 Å². The van der Waals surface area contributed by atoms with Crippen molar-refractivity contribution in [2.75, 3.05) is 0 Å². The van der Waals surface area contributed by atoms with Crippen molar-refractivity contribution in [3.05, 3.63) is 83.9 Å². The molecule has 2 radical (unpaired) electrons. The van der Waals surface area contributed by atoms with E-state index < -0.39 is 0 Å². The van der Waals surface area contributed by atoms with E-state index in [4.69, 9.17) is 12.8 Å². The van der Waals surface area contributed by atoms with E-state index in [1.54, 1.807) is 0 Å². The number of hydrogen-bond acceptors (Lipinski definition) is 1. The highest BCUT2D eigenvalue weighted by atomic mass is 14.7. The Balaban J connectivity index is 1.96. The third-order valence-corrected chi connectivity index (χ3v) is 5.54. The summed E-state index contributed by atoms with van der Waals surface area (Å²) in [7, 11) is 6.22. The van der Waals surface area contributed by atoms with Crippen LogP contribution in [0.4, 0.5) is 0 Å². The zero-order valence-corrected chi connectivity index (χ0v) is 17.6. The SMILES string of the molecule is [B]c1cc2cc(C(C)C)ccc2c(-c2cc(-c3ccccc3)cc(C(C)C)c2)n1. The summed E-state index contributed by atoms with van der Waals surface area (Å²) in [5.74, 6) is 0.906. The standard InChI is InChI=1S/C27H26BN/c1-17(2)20-10-11-25-23(12-20)16-26(28)29-27(25)24-14-21(18(3)4)13-22(15-24)19-8-6-5-7-9-19/h5-18H,1-4H3. The number of aromatic nitrogens is 1. The first-order chi connectivity index (χ1) is 13.9. The Morgan fingerprint density at radius 3 is 2.03 bits per heavy atom. The maximum Gasteiger partial charge on any atom is 0.141 e. The minimum atomic E-state index is 0.428. The van der Waals surface area contributed by atoms with Crippen LogP contribution >= 0.6 is 0 Å². The Hall–Kier alpha value is -2.87. The van der Waals surface area contributed by atoms with Crippen molar-refractivity contribution in [3.63, 3.8) is 0 Å². The zero-order chi connectivity index (χ0) is 20.5. The predicted octanol–water partition coefficient (Wildman–Crippen LogP) is 6.61. The molecule has 1 aromatic heterocycles. The molecule has 0 bridgehead atoms. The van der Waals surface area contributed by atoms with Crippen molar-refractivity contribution in [1.82, 2.24) is 4.98 Å². The summed E-state index contributed by atoms with van der Waals surface area (Å²) in [4.78, 5) is 4.76. The normalized spacial score (nSPS) is 11.5. The van der Waals surface area contributed by atoms with Crippen molar-refractivity contribution in [3.8, 4) is 22.4 Å². The lowest BCUT2D eigenvalue weighted by Gasteiger charge is -2.15. The van der Waals surface area contributed by atoms with Gasteiger partial charge in [-0.2, -0.15) is 0 Å². The zero-order valence-electron chi connectivity index (χ0n) is 17.6. The third kappa shape index (κ3) is 3.98. The van der Waals surface area contributed by atoms with Gasteiger partial charge in [0, 0.05) is 10.9 Å². The molecule has 0 aliphatic rings. The lowest BCUT2D eigenvalue weighted by atomic mass is 9.90. The molecule has 142 valence electrons. The maximum atomic E-state index is 6.22. The molecular formula is C27H26BN. The lowest BCUT2D eigenvalue weighted by molar-refractivity contribution is 0.867. The molecule has 0 saturated carbocycles. The first-order valence-electron chi connectivity index (χ1n) is 10.3. The van der Waals surface area contributed by atoms with Crippen LogP contribution in [0.5, 0.6) is 0 Å². The molecule has 0 saturated heterocycles. The van der Waals surface area contributed by atoms with Gasteiger partial charge in [-0.3, -0.25) is 4.98 Å². The van der Waals surface area contributed by atoms with Crippen LogP contribution < -0.4 is 5.59 Å². The molecule has 3 aromatic carbocycles. The summed E-state index contributed by atoms with van der Waals surface area (Å²) in [6, 6.07) is 25.9. The summed E-state index contributed by atoms with van der Waals surface area (Å²) in [6.45, 7) is 8.89. The van der Waals surface area contributed by atoms with Crippen molar-refractivity contribution in [2.45, 2.75) is 39.5 Å². The van der Waals surface area contributed by atoms with Gasteiger partial charge < -0.3 is 0 Å². The summed E-state index contributed by atoms with van der Waals surface area (Å²) in [5.41, 5.74) is 7.67. The average Bonchev–Trinajstić information content (AvgIpc) is 2.72. The maximum absolute atomic E-state index is 6.22. The Labute approximate surface area is 175 Å². The van der Waals surface area contributed by atoms with Crippen LogP contribution in [0.15, 0.2) is 72.8 Å². The van der Waals surface area contributed by atoms with Gasteiger partial charge in [0.2, 0.25) is 0 Å². The Morgan fingerprint density at radius 1 is 0.655 bits per heavy atom. The molecule has 0 spiro atoms. The highest BCUT2D eigenvalue weighted by molar-refractivity contribution is 6.32. The van der Waals surface area contributed by atoms with Crippen LogP contribution in [0.2, 0.25) is 0 Å². The van der Waals surface area contributed by atoms with Crippen molar-refractivity contribution in [1.29, 1.82) is 0 Å². The van der Waals surface area contributed by atoms with Crippen LogP contribution in [0, 0.1) is 0 Å². The van der Waals surface area contributed by atoms with Crippen molar-refractivity contribution < 1.29 is 0 Å². The van der Waals surface area contributed by atoms with Crippen LogP contribution in [0.1, 0.15) is 50.7 Å². The van der Waals surface area contributed by atoms with Crippen LogP contribution in [-0.2, 0) is 0 Å². The molecule has 0 amide bonds. The van der Waals surface area contributed by atoms with Gasteiger partial charge in [-0.1, -0.05) is 82.3 Å². The van der Waals surface area contributed by atoms with Crippen LogP contribution in [0.3, 0.4) is 0 Å². The molecule has 0 atom stereocenters. The van der Waals surface area contributed by atoms with Gasteiger partial charge in [-0.05, 0) is 63.3 Å². The molecule has 0 fully saturated rings. The van der Waals surface area contributed by atoms with Gasteiger partial charge >= 0.3 is 0 Å². The molecule has 0 aliphatic carbocycles. The molecule has 1 nitrogen and oxygen atoms in total. The van der Waals surface area contributed by atoms with Gasteiger partial charge in [0.1, 0.15) is 7.85 Å². The highest BCUT2D eigenvalue weighted by Crippen LogP contribution is 2.34. The van der Waals surface area contributed by atoms with Gasteiger partial charge in [0.05, 0.1) is 5.69 Å². The second kappa shape index (κ2) is 7.87. The fraction of sp³-hybridized carbons (Fsp3) is 0.222. The lowest BCUT2D eigenvalue weighted by Crippen LogP contribution is -2.09. The number of rotatable bonds is 4. The van der Waals surface area contributed by atoms with E-state index in [-0.39, 0.29) is 0 Å². The van der Waals surface area contributed by atoms with Gasteiger partial charge in [-0.15, -0.1) is 0 Å². The van der Waals surface area contributed by atoms with Crippen molar-refractivity contribution >= 4 is 24.2 Å². The Morgan fingerprint density at radius 2 is 1.34 bits per heavy atom. The van der Waals surface area contributed by atoms with Crippen molar-refractivity contribution in [2.24, 2.45) is 0 Å². The summed E-state index contributed by atoms with van der Waals surface area (Å²) < 4.78 is 0. The molecule has 0 N–H and O–H groups in total. The first-order valence-corrected chi connectivity index (χ1v) is 10.3. The average molecular weight is 375 g/mol. The Bertz CT molecular complexity index is 1160. The number of benzene rings is 3. The highest BCUT2D eigenvalue weighted by Gasteiger charge is 2.13. The number of fused-ring (bicyclic) bond motifs is 1. The molecular weight excluding hydrogens is 349 g/mol. The second-order valence-corrected chi connectivity index (χ2v) is 8.40. The minimum Gasteiger partial charge on any atom is -0.264 e. The first kappa shape index (κ1) is 19.5. The molecule has 0 aliphatic heterocycles. The van der Waals surface area contributed by atoms with Crippen LogP contribution in [0.25, 0.3) is 33.2 Å². The number of pyridine rings is 1. The van der Waals surface area contributed by atoms with Gasteiger partial charge in [0.25, 0.3) is 0 Å². The smallest absolute Gasteiger partial charge is 0.141 e. The van der Waals surface area contributed by atoms with E-state index >= 15 is 0 Å². The molecule has 4 rings (SSSR count). The third-order valence-electron chi connectivity index (χ3n) is 5.54. The quantitative estimate of drug-likeness (QED) is 0.366. The Kier molecular flexibility index (Phi) is 5.28. The second-order valence-electron chi connectivity index (χ2n) is 8.40. The van der Waals surface area contributed by atoms with Gasteiger partial charge in [0.15, 0.2) is 0 Å². The fourth-order valence-corrected chi connectivity index (χ4v) is 3.80. The molecule has 29 heavy (non-hydrogen) atoms. The fourth-order valence-electron chi connectivity index (χ4n) is 3.80.